The molecule has 2 aromatic rings. The number of pyridine rings is 1. The van der Waals surface area contributed by atoms with E-state index in [0.29, 0.717) is 19.0 Å². The molecule has 29 heavy (non-hydrogen) atoms. The van der Waals surface area contributed by atoms with Gasteiger partial charge in [-0.25, -0.2) is 0 Å². The molecule has 0 saturated carbocycles. The summed E-state index contributed by atoms with van der Waals surface area (Å²) < 4.78 is 39.0. The molecule has 0 N–H and O–H groups in total. The van der Waals surface area contributed by atoms with Crippen LogP contribution in [0, 0.1) is 12.8 Å². The van der Waals surface area contributed by atoms with Crippen molar-refractivity contribution in [1.29, 1.82) is 0 Å². The second-order valence-electron chi connectivity index (χ2n) is 8.03. The first-order chi connectivity index (χ1) is 13.8. The van der Waals surface area contributed by atoms with E-state index >= 15 is 0 Å². The zero-order valence-corrected chi connectivity index (χ0v) is 16.3. The lowest BCUT2D eigenvalue weighted by atomic mass is 9.91. The highest BCUT2D eigenvalue weighted by molar-refractivity contribution is 5.94. The Morgan fingerprint density at radius 2 is 2.07 bits per heavy atom. The molecule has 1 amide bonds. The summed E-state index contributed by atoms with van der Waals surface area (Å²) in [4.78, 5) is 21.2. The Labute approximate surface area is 168 Å². The summed E-state index contributed by atoms with van der Waals surface area (Å²) in [6, 6.07) is 7.00. The maximum absolute atomic E-state index is 13.0. The van der Waals surface area contributed by atoms with Crippen LogP contribution in [0.5, 0.6) is 0 Å². The predicted molar refractivity (Wildman–Crippen MR) is 103 cm³/mol. The fraction of sp³-hybridized carbons (Fsp3) is 0.455. The molecule has 2 atom stereocenters. The number of nitrogens with zero attached hydrogens (tertiary/aromatic N) is 3. The van der Waals surface area contributed by atoms with Crippen LogP contribution in [-0.2, 0) is 12.7 Å². The van der Waals surface area contributed by atoms with E-state index < -0.39 is 11.7 Å². The fourth-order valence-corrected chi connectivity index (χ4v) is 4.55. The molecule has 3 heterocycles. The molecule has 154 valence electrons. The highest BCUT2D eigenvalue weighted by Gasteiger charge is 2.41. The van der Waals surface area contributed by atoms with Crippen LogP contribution < -0.4 is 0 Å². The van der Waals surface area contributed by atoms with Gasteiger partial charge in [-0.2, -0.15) is 13.2 Å². The number of amides is 1. The highest BCUT2D eigenvalue weighted by Crippen LogP contribution is 2.34. The molecule has 1 aromatic heterocycles. The first-order valence-electron chi connectivity index (χ1n) is 9.93. The van der Waals surface area contributed by atoms with E-state index in [-0.39, 0.29) is 17.5 Å². The summed E-state index contributed by atoms with van der Waals surface area (Å²) in [7, 11) is 0. The Morgan fingerprint density at radius 3 is 2.83 bits per heavy atom. The molecule has 0 aliphatic carbocycles. The Kier molecular flexibility index (Phi) is 5.34. The van der Waals surface area contributed by atoms with Crippen molar-refractivity contribution in [3.63, 3.8) is 0 Å². The van der Waals surface area contributed by atoms with E-state index in [1.54, 1.807) is 11.1 Å². The second kappa shape index (κ2) is 7.78. The van der Waals surface area contributed by atoms with Crippen molar-refractivity contribution in [3.05, 3.63) is 65.0 Å². The third-order valence-corrected chi connectivity index (χ3v) is 6.13. The summed E-state index contributed by atoms with van der Waals surface area (Å²) in [5.41, 5.74) is 1.69. The van der Waals surface area contributed by atoms with Gasteiger partial charge in [-0.15, -0.1) is 0 Å². The lowest BCUT2D eigenvalue weighted by Gasteiger charge is -2.37. The molecule has 7 heteroatoms. The molecule has 0 bridgehead atoms. The minimum absolute atomic E-state index is 0.106. The topological polar surface area (TPSA) is 36.4 Å². The van der Waals surface area contributed by atoms with Crippen molar-refractivity contribution >= 4 is 5.91 Å². The number of alkyl halides is 3. The van der Waals surface area contributed by atoms with E-state index in [1.165, 1.54) is 17.7 Å². The number of likely N-dealkylation sites (tertiary alicyclic amines) is 2. The zero-order valence-electron chi connectivity index (χ0n) is 16.3. The van der Waals surface area contributed by atoms with Gasteiger partial charge >= 0.3 is 6.18 Å². The van der Waals surface area contributed by atoms with E-state index in [9.17, 15) is 18.0 Å². The van der Waals surface area contributed by atoms with Crippen molar-refractivity contribution in [2.75, 3.05) is 19.6 Å². The zero-order chi connectivity index (χ0) is 20.6. The number of hydrogen-bond donors (Lipinski definition) is 0. The lowest BCUT2D eigenvalue weighted by molar-refractivity contribution is -0.137. The summed E-state index contributed by atoms with van der Waals surface area (Å²) in [6.45, 7) is 4.98. The first-order valence-corrected chi connectivity index (χ1v) is 9.93. The average Bonchev–Trinajstić information content (AvgIpc) is 3.14. The number of fused-ring (bicyclic) bond motifs is 1. The van der Waals surface area contributed by atoms with Gasteiger partial charge in [0.1, 0.15) is 0 Å². The number of aryl methyl sites for hydroxylation is 1. The van der Waals surface area contributed by atoms with Crippen molar-refractivity contribution in [2.24, 2.45) is 5.92 Å². The van der Waals surface area contributed by atoms with Crippen molar-refractivity contribution in [1.82, 2.24) is 14.8 Å². The van der Waals surface area contributed by atoms with E-state index in [0.717, 1.165) is 43.6 Å². The van der Waals surface area contributed by atoms with Crippen LogP contribution in [0.3, 0.4) is 0 Å². The second-order valence-corrected chi connectivity index (χ2v) is 8.03. The van der Waals surface area contributed by atoms with Gasteiger partial charge in [-0.3, -0.25) is 14.7 Å². The molecule has 2 aliphatic heterocycles. The third-order valence-electron chi connectivity index (χ3n) is 6.13. The van der Waals surface area contributed by atoms with Gasteiger partial charge in [-0.05, 0) is 67.6 Å². The standard InChI is InChI=1S/C22H24F3N3O/c1-15-11-26-8-7-17(15)12-27-9-3-5-18-13-28(14-20(18)27)21(29)16-4-2-6-19(10-16)22(23,24)25/h2,4,6-8,10-11,18,20H,3,5,9,12-14H2,1H3/t18-,20+/m1/s1. The molecule has 2 aliphatic rings. The Morgan fingerprint density at radius 1 is 1.24 bits per heavy atom. The van der Waals surface area contributed by atoms with Gasteiger partial charge in [0.05, 0.1) is 5.56 Å². The molecular weight excluding hydrogens is 379 g/mol. The van der Waals surface area contributed by atoms with Gasteiger partial charge in [0.15, 0.2) is 0 Å². The molecule has 4 rings (SSSR count). The molecule has 2 fully saturated rings. The molecule has 2 saturated heterocycles. The fourth-order valence-electron chi connectivity index (χ4n) is 4.55. The Hall–Kier alpha value is -2.41. The van der Waals surface area contributed by atoms with Crippen LogP contribution in [0.2, 0.25) is 0 Å². The summed E-state index contributed by atoms with van der Waals surface area (Å²) in [5.74, 6) is 0.0474. The quantitative estimate of drug-likeness (QED) is 0.773. The highest BCUT2D eigenvalue weighted by atomic mass is 19.4. The predicted octanol–water partition coefficient (Wildman–Crippen LogP) is 4.15. The van der Waals surface area contributed by atoms with Crippen LogP contribution in [0.4, 0.5) is 13.2 Å². The number of carbonyl (C=O) groups is 1. The van der Waals surface area contributed by atoms with Gasteiger partial charge in [-0.1, -0.05) is 6.07 Å². The van der Waals surface area contributed by atoms with E-state index in [1.807, 2.05) is 19.2 Å². The van der Waals surface area contributed by atoms with Crippen LogP contribution >= 0.6 is 0 Å². The monoisotopic (exact) mass is 403 g/mol. The normalized spacial score (nSPS) is 22.6. The molecular formula is C22H24F3N3O. The van der Waals surface area contributed by atoms with Gasteiger partial charge in [0.2, 0.25) is 0 Å². The molecule has 0 unspecified atom stereocenters. The van der Waals surface area contributed by atoms with Crippen LogP contribution in [-0.4, -0.2) is 46.4 Å². The van der Waals surface area contributed by atoms with E-state index in [2.05, 4.69) is 9.88 Å². The largest absolute Gasteiger partial charge is 0.416 e. The number of rotatable bonds is 3. The van der Waals surface area contributed by atoms with Crippen molar-refractivity contribution in [3.8, 4) is 0 Å². The minimum atomic E-state index is -4.45. The molecule has 0 spiro atoms. The van der Waals surface area contributed by atoms with E-state index in [4.69, 9.17) is 0 Å². The number of halogens is 3. The number of carbonyl (C=O) groups excluding carboxylic acids is 1. The van der Waals surface area contributed by atoms with Gasteiger partial charge < -0.3 is 4.90 Å². The van der Waals surface area contributed by atoms with Crippen molar-refractivity contribution in [2.45, 2.75) is 38.5 Å². The van der Waals surface area contributed by atoms with Crippen LogP contribution in [0.15, 0.2) is 42.7 Å². The Bertz CT molecular complexity index is 899. The summed E-state index contributed by atoms with van der Waals surface area (Å²) >= 11 is 0. The van der Waals surface area contributed by atoms with Crippen LogP contribution in [0.25, 0.3) is 0 Å². The first kappa shape index (κ1) is 19.9. The lowest BCUT2D eigenvalue weighted by Crippen LogP contribution is -2.44. The van der Waals surface area contributed by atoms with Crippen LogP contribution in [0.1, 0.15) is 39.9 Å². The maximum atomic E-state index is 13.0. The average molecular weight is 403 g/mol. The smallest absolute Gasteiger partial charge is 0.337 e. The number of benzene rings is 1. The number of hydrogen-bond acceptors (Lipinski definition) is 3. The molecule has 0 radical (unpaired) electrons. The summed E-state index contributed by atoms with van der Waals surface area (Å²) in [5, 5.41) is 0. The van der Waals surface area contributed by atoms with Crippen molar-refractivity contribution < 1.29 is 18.0 Å². The molecule has 4 nitrogen and oxygen atoms in total. The SMILES string of the molecule is Cc1cnccc1CN1CCC[C@@H]2CN(C(=O)c3cccc(C(F)(F)F)c3)C[C@@H]21. The number of piperidine rings is 1. The Balaban J connectivity index is 1.49. The maximum Gasteiger partial charge on any atom is 0.416 e. The van der Waals surface area contributed by atoms with Gasteiger partial charge in [0.25, 0.3) is 5.91 Å². The third kappa shape index (κ3) is 4.15. The summed E-state index contributed by atoms with van der Waals surface area (Å²) in [6.07, 6.45) is 1.31. The molecule has 1 aromatic carbocycles. The minimum Gasteiger partial charge on any atom is -0.337 e. The van der Waals surface area contributed by atoms with Gasteiger partial charge in [0, 0.05) is 43.6 Å². The number of aromatic nitrogens is 1.